The van der Waals surface area contributed by atoms with Gasteiger partial charge in [0.1, 0.15) is 0 Å². The normalized spacial score (nSPS) is 14.7. The van der Waals surface area contributed by atoms with Crippen LogP contribution in [0.4, 0.5) is 0 Å². The Morgan fingerprint density at radius 3 is 2.23 bits per heavy atom. The lowest BCUT2D eigenvalue weighted by Gasteiger charge is -2.34. The van der Waals surface area contributed by atoms with E-state index in [-0.39, 0.29) is 5.41 Å². The molecule has 6 rings (SSSR count). The van der Waals surface area contributed by atoms with Crippen LogP contribution in [-0.2, 0) is 11.8 Å². The molecule has 0 spiro atoms. The Balaban J connectivity index is 1.33. The number of nitrogens with zero attached hydrogens (tertiary/aromatic N) is 2. The second-order valence-electron chi connectivity index (χ2n) is 12.7. The molecule has 0 bridgehead atoms. The first-order valence-corrected chi connectivity index (χ1v) is 17.3. The summed E-state index contributed by atoms with van der Waals surface area (Å²) >= 11 is 0. The third-order valence-electron chi connectivity index (χ3n) is 9.96. The van der Waals surface area contributed by atoms with Crippen LogP contribution in [0.2, 0.25) is 0 Å². The summed E-state index contributed by atoms with van der Waals surface area (Å²) in [5.74, 6) is 0.803. The van der Waals surface area contributed by atoms with Crippen LogP contribution in [0.3, 0.4) is 0 Å². The van der Waals surface area contributed by atoms with Gasteiger partial charge in [0.2, 0.25) is 0 Å². The Morgan fingerprint density at radius 2 is 1.53 bits per heavy atom. The van der Waals surface area contributed by atoms with Crippen LogP contribution in [0.25, 0.3) is 33.5 Å². The highest BCUT2D eigenvalue weighted by Crippen LogP contribution is 2.42. The zero-order chi connectivity index (χ0) is 32.6. The van der Waals surface area contributed by atoms with Crippen molar-refractivity contribution in [3.05, 3.63) is 168 Å². The van der Waals surface area contributed by atoms with Crippen molar-refractivity contribution >= 4 is 11.1 Å². The molecule has 2 heteroatoms. The van der Waals surface area contributed by atoms with Crippen LogP contribution in [-0.4, -0.2) is 9.97 Å². The van der Waals surface area contributed by atoms with E-state index in [1.807, 2.05) is 6.08 Å². The molecule has 0 saturated carbocycles. The van der Waals surface area contributed by atoms with Crippen LogP contribution in [0, 0.1) is 6.92 Å². The lowest BCUT2D eigenvalue weighted by molar-refractivity contribution is 0.477. The van der Waals surface area contributed by atoms with Gasteiger partial charge >= 0.3 is 0 Å². The van der Waals surface area contributed by atoms with Gasteiger partial charge in [-0.05, 0) is 96.9 Å². The van der Waals surface area contributed by atoms with Crippen molar-refractivity contribution in [2.24, 2.45) is 0 Å². The second kappa shape index (κ2) is 14.7. The smallest absolute Gasteiger partial charge is 0.156 e. The molecule has 1 aromatic heterocycles. The summed E-state index contributed by atoms with van der Waals surface area (Å²) in [4.78, 5) is 10.2. The Kier molecular flexibility index (Phi) is 10.1. The van der Waals surface area contributed by atoms with E-state index in [0.29, 0.717) is 0 Å². The van der Waals surface area contributed by atoms with E-state index in [4.69, 9.17) is 9.97 Å². The van der Waals surface area contributed by atoms with Crippen LogP contribution in [0.5, 0.6) is 0 Å². The zero-order valence-corrected chi connectivity index (χ0v) is 28.2. The summed E-state index contributed by atoms with van der Waals surface area (Å²) < 4.78 is 0. The molecule has 236 valence electrons. The van der Waals surface area contributed by atoms with Gasteiger partial charge in [-0.1, -0.05) is 135 Å². The highest BCUT2D eigenvalue weighted by Gasteiger charge is 2.32. The molecule has 0 N–H and O–H groups in total. The van der Waals surface area contributed by atoms with Gasteiger partial charge in [0.25, 0.3) is 0 Å². The molecule has 47 heavy (non-hydrogen) atoms. The van der Waals surface area contributed by atoms with E-state index >= 15 is 0 Å². The molecule has 3 aromatic carbocycles. The quantitative estimate of drug-likeness (QED) is 0.157. The van der Waals surface area contributed by atoms with Gasteiger partial charge in [0.05, 0.1) is 11.4 Å². The van der Waals surface area contributed by atoms with Crippen molar-refractivity contribution in [3.8, 4) is 22.4 Å². The monoisotopic (exact) mass is 614 g/mol. The van der Waals surface area contributed by atoms with Crippen molar-refractivity contribution in [1.29, 1.82) is 0 Å². The first-order valence-electron chi connectivity index (χ1n) is 17.3. The minimum absolute atomic E-state index is 0.0823. The van der Waals surface area contributed by atoms with Gasteiger partial charge < -0.3 is 0 Å². The number of aromatic nitrogens is 2. The summed E-state index contributed by atoms with van der Waals surface area (Å²) in [6.45, 7) is 10.7. The van der Waals surface area contributed by atoms with Crippen LogP contribution < -0.4 is 0 Å². The van der Waals surface area contributed by atoms with E-state index in [9.17, 15) is 0 Å². The SMILES string of the molecule is C=CCCc1ccc(-c2ccc(C(CC)(CC)C3=CC=C(c4nc(C5=CCCC=C5)cc(-c5ccccc5)n4)CC=C3)cc2)cc1C. The van der Waals surface area contributed by atoms with Crippen molar-refractivity contribution < 1.29 is 0 Å². The van der Waals surface area contributed by atoms with Crippen molar-refractivity contribution in [1.82, 2.24) is 9.97 Å². The molecule has 0 saturated heterocycles. The number of hydrogen-bond acceptors (Lipinski definition) is 2. The molecule has 0 fully saturated rings. The van der Waals surface area contributed by atoms with Gasteiger partial charge in [0.15, 0.2) is 5.82 Å². The third kappa shape index (κ3) is 6.98. The average Bonchev–Trinajstić information content (AvgIpc) is 3.40. The largest absolute Gasteiger partial charge is 0.228 e. The van der Waals surface area contributed by atoms with E-state index in [0.717, 1.165) is 73.3 Å². The minimum Gasteiger partial charge on any atom is -0.228 e. The lowest BCUT2D eigenvalue weighted by Crippen LogP contribution is -2.26. The first-order chi connectivity index (χ1) is 23.0. The molecule has 0 radical (unpaired) electrons. The van der Waals surface area contributed by atoms with E-state index in [2.05, 4.69) is 149 Å². The number of allylic oxidation sites excluding steroid dienone is 11. The molecule has 4 aromatic rings. The minimum atomic E-state index is -0.0823. The molecule has 0 atom stereocenters. The fourth-order valence-corrected chi connectivity index (χ4v) is 7.04. The zero-order valence-electron chi connectivity index (χ0n) is 28.2. The summed E-state index contributed by atoms with van der Waals surface area (Å²) in [5.41, 5.74) is 13.3. The molecule has 2 aliphatic rings. The lowest BCUT2D eigenvalue weighted by atomic mass is 9.69. The molecular weight excluding hydrogens is 569 g/mol. The maximum Gasteiger partial charge on any atom is 0.156 e. The van der Waals surface area contributed by atoms with E-state index in [1.165, 1.54) is 39.0 Å². The average molecular weight is 615 g/mol. The first kappa shape index (κ1) is 32.1. The van der Waals surface area contributed by atoms with Crippen LogP contribution in [0.1, 0.15) is 80.6 Å². The Morgan fingerprint density at radius 1 is 0.766 bits per heavy atom. The third-order valence-corrected chi connectivity index (χ3v) is 9.96. The Labute approximate surface area is 281 Å². The van der Waals surface area contributed by atoms with Gasteiger partial charge in [-0.15, -0.1) is 6.58 Å². The Hall–Kier alpha value is -4.82. The summed E-state index contributed by atoms with van der Waals surface area (Å²) in [5, 5.41) is 0. The van der Waals surface area contributed by atoms with Gasteiger partial charge in [0, 0.05) is 16.6 Å². The molecule has 2 aliphatic carbocycles. The fraction of sp³-hybridized carbons (Fsp3) is 0.244. The molecule has 1 heterocycles. The number of benzene rings is 3. The van der Waals surface area contributed by atoms with Crippen LogP contribution >= 0.6 is 0 Å². The maximum atomic E-state index is 5.13. The molecule has 2 nitrogen and oxygen atoms in total. The highest BCUT2D eigenvalue weighted by molar-refractivity contribution is 5.77. The highest BCUT2D eigenvalue weighted by atomic mass is 14.9. The molecule has 0 amide bonds. The van der Waals surface area contributed by atoms with Crippen molar-refractivity contribution in [3.63, 3.8) is 0 Å². The molecule has 0 aliphatic heterocycles. The number of rotatable bonds is 11. The van der Waals surface area contributed by atoms with Crippen molar-refractivity contribution in [2.45, 2.75) is 71.1 Å². The number of aryl methyl sites for hydroxylation is 2. The summed E-state index contributed by atoms with van der Waals surface area (Å²) in [7, 11) is 0. The second-order valence-corrected chi connectivity index (χ2v) is 12.7. The fourth-order valence-electron chi connectivity index (χ4n) is 7.04. The maximum absolute atomic E-state index is 5.13. The van der Waals surface area contributed by atoms with Crippen molar-refractivity contribution in [2.75, 3.05) is 0 Å². The van der Waals surface area contributed by atoms with Crippen LogP contribution in [0.15, 0.2) is 140 Å². The van der Waals surface area contributed by atoms with Gasteiger partial charge in [-0.25, -0.2) is 9.97 Å². The molecular formula is C45H46N2. The standard InChI is InChI=1S/C45H46N2/c1-5-8-16-34-23-24-39(31-33(34)4)35-25-28-41(29-26-35)45(6-2,7-3)40-22-15-21-38(27-30-40)44-46-42(36-17-11-9-12-18-36)32-43(47-44)37-19-13-10-14-20-37/h5,9,11-13,15,17-20,22-32H,1,6-8,10,14,16,21H2,2-4H3. The van der Waals surface area contributed by atoms with E-state index in [1.54, 1.807) is 0 Å². The predicted octanol–water partition coefficient (Wildman–Crippen LogP) is 12.0. The number of hydrogen-bond donors (Lipinski definition) is 0. The molecule has 0 unspecified atom stereocenters. The van der Waals surface area contributed by atoms with Gasteiger partial charge in [-0.2, -0.15) is 0 Å². The Bertz CT molecular complexity index is 1880. The predicted molar refractivity (Wildman–Crippen MR) is 201 cm³/mol. The summed E-state index contributed by atoms with van der Waals surface area (Å²) in [6.07, 6.45) is 25.0. The topological polar surface area (TPSA) is 25.8 Å². The summed E-state index contributed by atoms with van der Waals surface area (Å²) in [6, 6.07) is 28.7. The van der Waals surface area contributed by atoms with Gasteiger partial charge in [-0.3, -0.25) is 0 Å². The van der Waals surface area contributed by atoms with E-state index < -0.39 is 0 Å².